The molecule has 0 radical (unpaired) electrons. The highest BCUT2D eigenvalue weighted by Gasteiger charge is 2.25. The van der Waals surface area contributed by atoms with Gasteiger partial charge in [0, 0.05) is 18.3 Å². The average Bonchev–Trinajstić information content (AvgIpc) is 2.97. The van der Waals surface area contributed by atoms with E-state index in [1.165, 1.54) is 0 Å². The molecule has 0 atom stereocenters. The van der Waals surface area contributed by atoms with Gasteiger partial charge in [0.25, 0.3) is 11.5 Å². The number of benzene rings is 2. The largest absolute Gasteiger partial charge is 0.348 e. The molecule has 2 aromatic carbocycles. The van der Waals surface area contributed by atoms with Gasteiger partial charge in [-0.2, -0.15) is 0 Å². The van der Waals surface area contributed by atoms with Crippen molar-refractivity contribution in [2.45, 2.75) is 33.7 Å². The summed E-state index contributed by atoms with van der Waals surface area (Å²) in [5.74, 6) is 0.00457. The van der Waals surface area contributed by atoms with Crippen LogP contribution in [0.25, 0.3) is 10.8 Å². The maximum Gasteiger partial charge on any atom is 0.256 e. The first-order valence-corrected chi connectivity index (χ1v) is 8.47. The van der Waals surface area contributed by atoms with Crippen molar-refractivity contribution in [3.63, 3.8) is 0 Å². The van der Waals surface area contributed by atoms with Crippen LogP contribution >= 0.6 is 0 Å². The summed E-state index contributed by atoms with van der Waals surface area (Å²) in [6, 6.07) is 8.13. The lowest BCUT2D eigenvalue weighted by molar-refractivity contribution is 0.0965. The first-order valence-electron chi connectivity index (χ1n) is 8.47. The Morgan fingerprint density at radius 2 is 1.84 bits per heavy atom. The molecule has 0 saturated carbocycles. The molecular weight excluding hydrogens is 312 g/mol. The number of amides is 1. The van der Waals surface area contributed by atoms with E-state index in [9.17, 15) is 9.59 Å². The van der Waals surface area contributed by atoms with Crippen LogP contribution < -0.4 is 10.9 Å². The number of fused-ring (bicyclic) bond motifs is 2. The molecule has 0 aliphatic carbocycles. The molecule has 1 aliphatic heterocycles. The number of H-pyrrole nitrogens is 1. The van der Waals surface area contributed by atoms with Gasteiger partial charge in [0.1, 0.15) is 0 Å². The van der Waals surface area contributed by atoms with Crippen molar-refractivity contribution >= 4 is 16.7 Å². The maximum atomic E-state index is 12.4. The fraction of sp³-hybridized carbons (Fsp3) is 0.238. The van der Waals surface area contributed by atoms with Crippen LogP contribution in [0, 0.1) is 20.8 Å². The molecule has 126 valence electrons. The monoisotopic (exact) mass is 332 g/mol. The van der Waals surface area contributed by atoms with Gasteiger partial charge in [0.05, 0.1) is 5.39 Å². The zero-order chi connectivity index (χ0) is 17.7. The highest BCUT2D eigenvalue weighted by Crippen LogP contribution is 2.30. The van der Waals surface area contributed by atoms with Crippen molar-refractivity contribution in [3.8, 4) is 0 Å². The average molecular weight is 332 g/mol. The first-order chi connectivity index (χ1) is 12.0. The van der Waals surface area contributed by atoms with Crippen molar-refractivity contribution in [1.29, 1.82) is 0 Å². The minimum absolute atomic E-state index is 0.00457. The predicted octanol–water partition coefficient (Wildman–Crippen LogP) is 3.29. The molecule has 1 aromatic heterocycles. The van der Waals surface area contributed by atoms with Crippen LogP contribution in [0.5, 0.6) is 0 Å². The Hall–Kier alpha value is -2.88. The Bertz CT molecular complexity index is 1090. The first kappa shape index (κ1) is 15.6. The lowest BCUT2D eigenvalue weighted by atomic mass is 9.88. The summed E-state index contributed by atoms with van der Waals surface area (Å²) in [6.45, 7) is 6.63. The SMILES string of the molecule is Cc1cc(Cc2c(C)ccc3cc[nH]c(=O)c23)c2c(c1C)C(=O)NC2. The van der Waals surface area contributed by atoms with Gasteiger partial charge in [0.2, 0.25) is 0 Å². The maximum absolute atomic E-state index is 12.4. The molecule has 1 aliphatic rings. The van der Waals surface area contributed by atoms with Crippen LogP contribution in [-0.2, 0) is 13.0 Å². The van der Waals surface area contributed by atoms with Crippen molar-refractivity contribution in [2.75, 3.05) is 0 Å². The number of aromatic nitrogens is 1. The molecule has 3 aromatic rings. The molecule has 0 fully saturated rings. The molecule has 25 heavy (non-hydrogen) atoms. The summed E-state index contributed by atoms with van der Waals surface area (Å²) in [5, 5.41) is 4.62. The van der Waals surface area contributed by atoms with Crippen LogP contribution in [0.4, 0.5) is 0 Å². The molecule has 4 rings (SSSR count). The van der Waals surface area contributed by atoms with Gasteiger partial charge < -0.3 is 10.3 Å². The van der Waals surface area contributed by atoms with Gasteiger partial charge >= 0.3 is 0 Å². The van der Waals surface area contributed by atoms with Gasteiger partial charge in [-0.3, -0.25) is 9.59 Å². The lowest BCUT2D eigenvalue weighted by Gasteiger charge is -2.15. The number of nitrogens with one attached hydrogen (secondary N) is 2. The van der Waals surface area contributed by atoms with Crippen LogP contribution in [0.1, 0.15) is 43.7 Å². The normalized spacial score (nSPS) is 13.2. The Kier molecular flexibility index (Phi) is 3.49. The third-order valence-corrected chi connectivity index (χ3v) is 5.35. The summed E-state index contributed by atoms with van der Waals surface area (Å²) in [7, 11) is 0. The minimum atomic E-state index is -0.0640. The third kappa shape index (κ3) is 2.37. The summed E-state index contributed by atoms with van der Waals surface area (Å²) in [6.07, 6.45) is 2.33. The molecule has 2 N–H and O–H groups in total. The molecular formula is C21H20N2O2. The fourth-order valence-electron chi connectivity index (χ4n) is 3.84. The lowest BCUT2D eigenvalue weighted by Crippen LogP contribution is -2.13. The molecule has 4 heteroatoms. The molecule has 0 saturated heterocycles. The van der Waals surface area contributed by atoms with Crippen molar-refractivity contribution in [2.24, 2.45) is 0 Å². The van der Waals surface area contributed by atoms with E-state index < -0.39 is 0 Å². The van der Waals surface area contributed by atoms with Crippen molar-refractivity contribution in [1.82, 2.24) is 10.3 Å². The highest BCUT2D eigenvalue weighted by molar-refractivity contribution is 6.00. The number of hydrogen-bond donors (Lipinski definition) is 2. The van der Waals surface area contributed by atoms with E-state index in [4.69, 9.17) is 0 Å². The van der Waals surface area contributed by atoms with E-state index in [2.05, 4.69) is 22.4 Å². The topological polar surface area (TPSA) is 62.0 Å². The van der Waals surface area contributed by atoms with Crippen LogP contribution in [0.2, 0.25) is 0 Å². The summed E-state index contributed by atoms with van der Waals surface area (Å²) in [5.41, 5.74) is 7.20. The Morgan fingerprint density at radius 1 is 1.04 bits per heavy atom. The number of pyridine rings is 1. The second-order valence-corrected chi connectivity index (χ2v) is 6.82. The second-order valence-electron chi connectivity index (χ2n) is 6.82. The van der Waals surface area contributed by atoms with Crippen LogP contribution in [-0.4, -0.2) is 10.9 Å². The number of aryl methyl sites for hydroxylation is 2. The van der Waals surface area contributed by atoms with E-state index in [-0.39, 0.29) is 11.5 Å². The van der Waals surface area contributed by atoms with E-state index in [1.54, 1.807) is 6.20 Å². The van der Waals surface area contributed by atoms with Gasteiger partial charge in [-0.1, -0.05) is 18.2 Å². The molecule has 0 spiro atoms. The second kappa shape index (κ2) is 5.59. The molecule has 2 heterocycles. The summed E-state index contributed by atoms with van der Waals surface area (Å²) < 4.78 is 0. The van der Waals surface area contributed by atoms with Gasteiger partial charge in [0.15, 0.2) is 0 Å². The molecule has 1 amide bonds. The molecule has 0 bridgehead atoms. The smallest absolute Gasteiger partial charge is 0.256 e. The number of hydrogen-bond acceptors (Lipinski definition) is 2. The van der Waals surface area contributed by atoms with E-state index in [1.807, 2.05) is 32.9 Å². The van der Waals surface area contributed by atoms with Gasteiger partial charge in [-0.15, -0.1) is 0 Å². The van der Waals surface area contributed by atoms with E-state index in [0.717, 1.165) is 49.7 Å². The minimum Gasteiger partial charge on any atom is -0.348 e. The number of rotatable bonds is 2. The molecule has 4 nitrogen and oxygen atoms in total. The number of carbonyl (C=O) groups excluding carboxylic acids is 1. The summed E-state index contributed by atoms with van der Waals surface area (Å²) in [4.78, 5) is 27.4. The predicted molar refractivity (Wildman–Crippen MR) is 99.2 cm³/mol. The van der Waals surface area contributed by atoms with Crippen LogP contribution in [0.15, 0.2) is 35.3 Å². The van der Waals surface area contributed by atoms with Gasteiger partial charge in [-0.25, -0.2) is 0 Å². The zero-order valence-electron chi connectivity index (χ0n) is 14.6. The Morgan fingerprint density at radius 3 is 2.64 bits per heavy atom. The Balaban J connectivity index is 1.95. The van der Waals surface area contributed by atoms with Crippen LogP contribution in [0.3, 0.4) is 0 Å². The summed E-state index contributed by atoms with van der Waals surface area (Å²) >= 11 is 0. The number of aromatic amines is 1. The quantitative estimate of drug-likeness (QED) is 0.756. The van der Waals surface area contributed by atoms with Gasteiger partial charge in [-0.05, 0) is 72.0 Å². The zero-order valence-corrected chi connectivity index (χ0v) is 14.6. The molecule has 0 unspecified atom stereocenters. The third-order valence-electron chi connectivity index (χ3n) is 5.35. The number of carbonyl (C=O) groups is 1. The van der Waals surface area contributed by atoms with Crippen molar-refractivity contribution in [3.05, 3.63) is 79.8 Å². The van der Waals surface area contributed by atoms with E-state index >= 15 is 0 Å². The fourth-order valence-corrected chi connectivity index (χ4v) is 3.84. The van der Waals surface area contributed by atoms with Crippen molar-refractivity contribution < 1.29 is 4.79 Å². The van der Waals surface area contributed by atoms with E-state index in [0.29, 0.717) is 13.0 Å². The highest BCUT2D eigenvalue weighted by atomic mass is 16.2. The Labute approximate surface area is 145 Å². The standard InChI is InChI=1S/C21H20N2O2/c1-11-4-5-14-6-7-22-21(25)19(14)16(11)9-15-8-12(2)13(3)18-17(15)10-23-20(18)24/h4-8H,9-10H2,1-3H3,(H,22,25)(H,23,24).